The maximum Gasteiger partial charge on any atom is 0.364 e. The van der Waals surface area contributed by atoms with Crippen LogP contribution in [0.1, 0.15) is 29.4 Å². The van der Waals surface area contributed by atoms with Crippen molar-refractivity contribution in [3.8, 4) is 0 Å². The summed E-state index contributed by atoms with van der Waals surface area (Å²) in [6.07, 6.45) is 0.165. The monoisotopic (exact) mass is 237 g/mol. The summed E-state index contributed by atoms with van der Waals surface area (Å²) in [6.45, 7) is 3.13. The van der Waals surface area contributed by atoms with Crippen LogP contribution in [0.3, 0.4) is 0 Å². The van der Waals surface area contributed by atoms with Gasteiger partial charge in [0.2, 0.25) is 5.91 Å². The van der Waals surface area contributed by atoms with Crippen molar-refractivity contribution < 1.29 is 14.5 Å². The third kappa shape index (κ3) is 3.33. The molecular weight excluding hydrogens is 226 g/mol. The summed E-state index contributed by atoms with van der Waals surface area (Å²) in [6, 6.07) is 2.41. The van der Waals surface area contributed by atoms with E-state index in [0.29, 0.717) is 5.69 Å². The quantitative estimate of drug-likeness (QED) is 0.623. The number of hydrogen-bond acceptors (Lipinski definition) is 5. The summed E-state index contributed by atoms with van der Waals surface area (Å²) in [5.41, 5.74) is 0.388. The molecule has 1 aromatic heterocycles. The molecule has 7 heteroatoms. The molecule has 1 N–H and O–H groups in total. The molecule has 1 rings (SSSR count). The summed E-state index contributed by atoms with van der Waals surface area (Å²) in [5, 5.41) is 12.7. The van der Waals surface area contributed by atoms with Crippen LogP contribution in [0.25, 0.3) is 0 Å². The molecule has 0 aromatic carbocycles. The van der Waals surface area contributed by atoms with E-state index in [1.807, 2.05) is 0 Å². The van der Waals surface area contributed by atoms with Crippen molar-refractivity contribution in [2.24, 2.45) is 0 Å². The Morgan fingerprint density at radius 3 is 2.65 bits per heavy atom. The van der Waals surface area contributed by atoms with Gasteiger partial charge in [0.05, 0.1) is 5.56 Å². The molecular formula is C10H11N3O4. The van der Waals surface area contributed by atoms with Crippen LogP contribution in [-0.4, -0.2) is 21.7 Å². The number of imide groups is 1. The lowest BCUT2D eigenvalue weighted by molar-refractivity contribution is -0.389. The van der Waals surface area contributed by atoms with Gasteiger partial charge < -0.3 is 10.1 Å². The first-order valence-corrected chi connectivity index (χ1v) is 4.91. The maximum absolute atomic E-state index is 11.6. The predicted molar refractivity (Wildman–Crippen MR) is 58.4 cm³/mol. The molecule has 0 aliphatic rings. The Labute approximate surface area is 97.0 Å². The number of carbonyl (C=O) groups is 2. The smallest absolute Gasteiger partial charge is 0.358 e. The lowest BCUT2D eigenvalue weighted by Gasteiger charge is -2.02. The zero-order valence-corrected chi connectivity index (χ0v) is 9.39. The molecule has 7 nitrogen and oxygen atoms in total. The Bertz CT molecular complexity index is 484. The van der Waals surface area contributed by atoms with Crippen molar-refractivity contribution in [1.82, 2.24) is 10.3 Å². The number of carbonyl (C=O) groups excluding carboxylic acids is 2. The van der Waals surface area contributed by atoms with Crippen LogP contribution in [0.15, 0.2) is 12.1 Å². The van der Waals surface area contributed by atoms with E-state index in [0.717, 1.165) is 6.07 Å². The van der Waals surface area contributed by atoms with Gasteiger partial charge >= 0.3 is 5.82 Å². The summed E-state index contributed by atoms with van der Waals surface area (Å²) in [5.74, 6) is -1.52. The Balaban J connectivity index is 3.01. The minimum atomic E-state index is -0.689. The third-order valence-electron chi connectivity index (χ3n) is 1.96. The van der Waals surface area contributed by atoms with Gasteiger partial charge in [-0.2, -0.15) is 0 Å². The summed E-state index contributed by atoms with van der Waals surface area (Å²) < 4.78 is 0. The molecule has 0 aliphatic heterocycles. The highest BCUT2D eigenvalue weighted by molar-refractivity contribution is 6.04. The highest BCUT2D eigenvalue weighted by atomic mass is 16.6. The number of amides is 2. The van der Waals surface area contributed by atoms with Crippen LogP contribution in [0.5, 0.6) is 0 Å². The van der Waals surface area contributed by atoms with Gasteiger partial charge in [0, 0.05) is 19.4 Å². The van der Waals surface area contributed by atoms with E-state index in [2.05, 4.69) is 10.3 Å². The number of rotatable bonds is 3. The Morgan fingerprint density at radius 1 is 1.47 bits per heavy atom. The number of nitrogens with zero attached hydrogens (tertiary/aromatic N) is 2. The normalized spacial score (nSPS) is 9.76. The van der Waals surface area contributed by atoms with E-state index in [9.17, 15) is 19.7 Å². The molecule has 0 aliphatic carbocycles. The molecule has 17 heavy (non-hydrogen) atoms. The van der Waals surface area contributed by atoms with E-state index in [-0.39, 0.29) is 12.0 Å². The molecule has 0 atom stereocenters. The van der Waals surface area contributed by atoms with Crippen LogP contribution >= 0.6 is 0 Å². The topological polar surface area (TPSA) is 102 Å². The molecule has 0 bridgehead atoms. The molecule has 0 unspecified atom stereocenters. The number of nitrogens with one attached hydrogen (secondary N) is 1. The molecule has 0 radical (unpaired) electrons. The van der Waals surface area contributed by atoms with Gasteiger partial charge in [0.15, 0.2) is 5.69 Å². The van der Waals surface area contributed by atoms with Gasteiger partial charge in [0.25, 0.3) is 5.91 Å². The zero-order valence-electron chi connectivity index (χ0n) is 9.39. The zero-order chi connectivity index (χ0) is 13.0. The molecule has 0 spiro atoms. The first kappa shape index (κ1) is 12.8. The average Bonchev–Trinajstić information content (AvgIpc) is 2.27. The van der Waals surface area contributed by atoms with Gasteiger partial charge in [-0.25, -0.2) is 0 Å². The van der Waals surface area contributed by atoms with Crippen molar-refractivity contribution in [2.45, 2.75) is 20.3 Å². The standard InChI is InChI=1S/C10H11N3O4/c1-3-9(14)12-10(15)7-4-6(2)11-8(5-7)13(16)17/h4-5H,3H2,1-2H3,(H,12,14,15). The van der Waals surface area contributed by atoms with Crippen LogP contribution in [0, 0.1) is 17.0 Å². The van der Waals surface area contributed by atoms with Crippen molar-refractivity contribution in [3.05, 3.63) is 33.5 Å². The van der Waals surface area contributed by atoms with E-state index < -0.39 is 22.6 Å². The van der Waals surface area contributed by atoms with E-state index in [1.165, 1.54) is 13.0 Å². The van der Waals surface area contributed by atoms with E-state index >= 15 is 0 Å². The molecule has 90 valence electrons. The van der Waals surface area contributed by atoms with Gasteiger partial charge in [0.1, 0.15) is 0 Å². The lowest BCUT2D eigenvalue weighted by Crippen LogP contribution is -2.29. The predicted octanol–water partition coefficient (Wildman–Crippen LogP) is 0.965. The SMILES string of the molecule is CCC(=O)NC(=O)c1cc(C)nc([N+](=O)[O-])c1. The fourth-order valence-corrected chi connectivity index (χ4v) is 1.16. The fraction of sp³-hybridized carbons (Fsp3) is 0.300. The van der Waals surface area contributed by atoms with Gasteiger partial charge in [-0.3, -0.25) is 14.9 Å². The highest BCUT2D eigenvalue weighted by Crippen LogP contribution is 2.12. The first-order valence-electron chi connectivity index (χ1n) is 4.91. The summed E-state index contributed by atoms with van der Waals surface area (Å²) in [7, 11) is 0. The lowest BCUT2D eigenvalue weighted by atomic mass is 10.2. The maximum atomic E-state index is 11.6. The Hall–Kier alpha value is -2.31. The number of aromatic nitrogens is 1. The minimum Gasteiger partial charge on any atom is -0.358 e. The second-order valence-electron chi connectivity index (χ2n) is 3.34. The molecule has 0 saturated heterocycles. The number of aryl methyl sites for hydroxylation is 1. The third-order valence-corrected chi connectivity index (χ3v) is 1.96. The Kier molecular flexibility index (Phi) is 3.86. The first-order chi connectivity index (χ1) is 7.93. The number of pyridine rings is 1. The highest BCUT2D eigenvalue weighted by Gasteiger charge is 2.16. The van der Waals surface area contributed by atoms with Crippen molar-refractivity contribution in [1.29, 1.82) is 0 Å². The van der Waals surface area contributed by atoms with Crippen molar-refractivity contribution in [2.75, 3.05) is 0 Å². The summed E-state index contributed by atoms with van der Waals surface area (Å²) in [4.78, 5) is 36.1. The minimum absolute atomic E-state index is 0.0472. The van der Waals surface area contributed by atoms with E-state index in [1.54, 1.807) is 6.92 Å². The summed E-state index contributed by atoms with van der Waals surface area (Å²) >= 11 is 0. The van der Waals surface area contributed by atoms with Crippen LogP contribution in [0.4, 0.5) is 5.82 Å². The van der Waals surface area contributed by atoms with Crippen LogP contribution in [0.2, 0.25) is 0 Å². The molecule has 1 aromatic rings. The Morgan fingerprint density at radius 2 is 2.12 bits per heavy atom. The molecule has 2 amide bonds. The van der Waals surface area contributed by atoms with E-state index in [4.69, 9.17) is 0 Å². The van der Waals surface area contributed by atoms with Crippen molar-refractivity contribution in [3.63, 3.8) is 0 Å². The van der Waals surface area contributed by atoms with Gasteiger partial charge in [-0.1, -0.05) is 6.92 Å². The fourth-order valence-electron chi connectivity index (χ4n) is 1.16. The van der Waals surface area contributed by atoms with Gasteiger partial charge in [-0.15, -0.1) is 0 Å². The largest absolute Gasteiger partial charge is 0.364 e. The number of hydrogen-bond donors (Lipinski definition) is 1. The second-order valence-corrected chi connectivity index (χ2v) is 3.34. The molecule has 0 saturated carbocycles. The van der Waals surface area contributed by atoms with Gasteiger partial charge in [-0.05, 0) is 16.0 Å². The molecule has 0 fully saturated rings. The van der Waals surface area contributed by atoms with Crippen LogP contribution in [-0.2, 0) is 4.79 Å². The number of nitro groups is 1. The average molecular weight is 237 g/mol. The van der Waals surface area contributed by atoms with Crippen LogP contribution < -0.4 is 5.32 Å². The van der Waals surface area contributed by atoms with Crippen molar-refractivity contribution >= 4 is 17.6 Å². The second kappa shape index (κ2) is 5.15. The molecule has 1 heterocycles.